The van der Waals surface area contributed by atoms with E-state index >= 15 is 0 Å². The Morgan fingerprint density at radius 2 is 2.32 bits per heavy atom. The monoisotopic (exact) mass is 380 g/mol. The van der Waals surface area contributed by atoms with Crippen LogP contribution in [0.5, 0.6) is 0 Å². The summed E-state index contributed by atoms with van der Waals surface area (Å²) >= 11 is 0. The van der Waals surface area contributed by atoms with E-state index in [0.717, 1.165) is 43.3 Å². The summed E-state index contributed by atoms with van der Waals surface area (Å²) in [6.45, 7) is 3.59. The molecule has 0 aliphatic heterocycles. The highest BCUT2D eigenvalue weighted by Gasteiger charge is 2.30. The second-order valence-electron chi connectivity index (χ2n) is 7.63. The molecular formula is C21H28N6O. The Hall–Kier alpha value is -2.67. The number of aromatic nitrogens is 4. The van der Waals surface area contributed by atoms with Gasteiger partial charge in [0.15, 0.2) is 0 Å². The lowest BCUT2D eigenvalue weighted by molar-refractivity contribution is 0.0623. The summed E-state index contributed by atoms with van der Waals surface area (Å²) in [5.41, 5.74) is 3.56. The predicted octanol–water partition coefficient (Wildman–Crippen LogP) is 2.86. The minimum Gasteiger partial charge on any atom is -0.349 e. The predicted molar refractivity (Wildman–Crippen MR) is 109 cm³/mol. The van der Waals surface area contributed by atoms with Gasteiger partial charge in [-0.3, -0.25) is 14.5 Å². The summed E-state index contributed by atoms with van der Waals surface area (Å²) in [5.74, 6) is 0.0680. The fourth-order valence-corrected chi connectivity index (χ4v) is 4.25. The second-order valence-corrected chi connectivity index (χ2v) is 7.63. The van der Waals surface area contributed by atoms with E-state index < -0.39 is 0 Å². The molecule has 2 N–H and O–H groups in total. The third-order valence-corrected chi connectivity index (χ3v) is 5.66. The van der Waals surface area contributed by atoms with Crippen LogP contribution in [0.1, 0.15) is 48.7 Å². The van der Waals surface area contributed by atoms with Gasteiger partial charge < -0.3 is 15.2 Å². The lowest BCUT2D eigenvalue weighted by Gasteiger charge is -2.37. The first-order valence-corrected chi connectivity index (χ1v) is 10.1. The van der Waals surface area contributed by atoms with Crippen LogP contribution >= 0.6 is 0 Å². The number of hydrogen-bond donors (Lipinski definition) is 2. The quantitative estimate of drug-likeness (QED) is 0.689. The van der Waals surface area contributed by atoms with Gasteiger partial charge in [0, 0.05) is 50.2 Å². The first-order valence-electron chi connectivity index (χ1n) is 10.1. The van der Waals surface area contributed by atoms with Crippen LogP contribution in [0.4, 0.5) is 0 Å². The van der Waals surface area contributed by atoms with Crippen molar-refractivity contribution in [2.75, 3.05) is 6.54 Å². The van der Waals surface area contributed by atoms with E-state index in [1.807, 2.05) is 47.2 Å². The maximum Gasteiger partial charge on any atom is 0.270 e. The van der Waals surface area contributed by atoms with Crippen molar-refractivity contribution in [2.45, 2.75) is 51.2 Å². The number of fused-ring (bicyclic) bond motifs is 1. The third-order valence-electron chi connectivity index (χ3n) is 5.66. The lowest BCUT2D eigenvalue weighted by Crippen LogP contribution is -2.46. The molecule has 0 unspecified atom stereocenters. The average Bonchev–Trinajstić information content (AvgIpc) is 3.33. The average molecular weight is 380 g/mol. The molecule has 0 spiro atoms. The van der Waals surface area contributed by atoms with Gasteiger partial charge in [0.05, 0.1) is 17.2 Å². The molecule has 3 heterocycles. The Balaban J connectivity index is 1.42. The van der Waals surface area contributed by atoms with E-state index in [-0.39, 0.29) is 11.9 Å². The molecule has 0 saturated heterocycles. The maximum atomic E-state index is 13.2. The van der Waals surface area contributed by atoms with Crippen LogP contribution in [-0.2, 0) is 13.6 Å². The highest BCUT2D eigenvalue weighted by Crippen LogP contribution is 2.25. The van der Waals surface area contributed by atoms with Crippen molar-refractivity contribution in [2.24, 2.45) is 7.05 Å². The molecule has 1 amide bonds. The van der Waals surface area contributed by atoms with Gasteiger partial charge in [-0.15, -0.1) is 0 Å². The maximum absolute atomic E-state index is 13.2. The van der Waals surface area contributed by atoms with Crippen molar-refractivity contribution in [3.05, 3.63) is 48.0 Å². The minimum atomic E-state index is 0.0680. The molecule has 28 heavy (non-hydrogen) atoms. The number of aryl methyl sites for hydroxylation is 1. The molecule has 1 saturated carbocycles. The topological polar surface area (TPSA) is 78.8 Å². The highest BCUT2D eigenvalue weighted by molar-refractivity contribution is 5.97. The Kier molecular flexibility index (Phi) is 5.43. The number of carbonyl (C=O) groups excluding carboxylic acids is 1. The van der Waals surface area contributed by atoms with Gasteiger partial charge in [0.1, 0.15) is 5.69 Å². The van der Waals surface area contributed by atoms with Crippen molar-refractivity contribution >= 4 is 16.9 Å². The van der Waals surface area contributed by atoms with Crippen molar-refractivity contribution in [3.63, 3.8) is 0 Å². The summed E-state index contributed by atoms with van der Waals surface area (Å²) < 4.78 is 1.83. The largest absolute Gasteiger partial charge is 0.349 e. The van der Waals surface area contributed by atoms with Crippen molar-refractivity contribution in [1.82, 2.24) is 30.0 Å². The normalized spacial score (nSPS) is 19.8. The molecule has 1 aliphatic rings. The zero-order valence-corrected chi connectivity index (χ0v) is 16.6. The zero-order valence-electron chi connectivity index (χ0n) is 16.6. The molecule has 7 heteroatoms. The van der Waals surface area contributed by atoms with Gasteiger partial charge in [0.25, 0.3) is 5.91 Å². The summed E-state index contributed by atoms with van der Waals surface area (Å²) in [4.78, 5) is 22.7. The number of carbonyl (C=O) groups is 1. The number of hydrogen-bond acceptors (Lipinski definition) is 4. The zero-order chi connectivity index (χ0) is 19.5. The van der Waals surface area contributed by atoms with E-state index in [2.05, 4.69) is 27.3 Å². The van der Waals surface area contributed by atoms with Crippen LogP contribution < -0.4 is 5.32 Å². The number of rotatable bonds is 6. The Morgan fingerprint density at radius 3 is 3.07 bits per heavy atom. The Labute approximate surface area is 165 Å². The summed E-state index contributed by atoms with van der Waals surface area (Å²) in [5, 5.41) is 7.88. The lowest BCUT2D eigenvalue weighted by atomic mass is 9.89. The van der Waals surface area contributed by atoms with E-state index in [0.29, 0.717) is 18.3 Å². The van der Waals surface area contributed by atoms with Crippen LogP contribution in [0.25, 0.3) is 11.0 Å². The molecule has 0 radical (unpaired) electrons. The van der Waals surface area contributed by atoms with Gasteiger partial charge in [-0.25, -0.2) is 0 Å². The van der Waals surface area contributed by atoms with Crippen LogP contribution in [0.15, 0.2) is 36.8 Å². The van der Waals surface area contributed by atoms with Gasteiger partial charge in [-0.1, -0.05) is 0 Å². The molecule has 7 nitrogen and oxygen atoms in total. The fraction of sp³-hybridized carbons (Fsp3) is 0.476. The Bertz CT molecular complexity index is 912. The highest BCUT2D eigenvalue weighted by atomic mass is 16.2. The molecule has 3 aromatic rings. The molecule has 0 bridgehead atoms. The van der Waals surface area contributed by atoms with Gasteiger partial charge in [-0.05, 0) is 50.8 Å². The first kappa shape index (κ1) is 18.7. The fourth-order valence-electron chi connectivity index (χ4n) is 4.25. The first-order chi connectivity index (χ1) is 13.6. The van der Waals surface area contributed by atoms with Crippen LogP contribution in [0, 0.1) is 0 Å². The van der Waals surface area contributed by atoms with E-state index in [1.165, 1.54) is 5.56 Å². The van der Waals surface area contributed by atoms with Gasteiger partial charge in [0.2, 0.25) is 0 Å². The van der Waals surface area contributed by atoms with E-state index in [4.69, 9.17) is 0 Å². The molecule has 0 aromatic carbocycles. The standard InChI is InChI=1S/C21H28N6O/c1-3-27(21(28)20-11-19-18(25-20)8-5-9-22-19)17-7-4-6-16(10-17)23-12-15-13-24-26(2)14-15/h5,8-9,11,13-14,16-17,23,25H,3-4,6-7,10,12H2,1-2H3/t16-,17+/m1/s1. The molecule has 148 valence electrons. The van der Waals surface area contributed by atoms with Gasteiger partial charge >= 0.3 is 0 Å². The van der Waals surface area contributed by atoms with Crippen LogP contribution in [0.2, 0.25) is 0 Å². The van der Waals surface area contributed by atoms with Crippen molar-refractivity contribution in [3.8, 4) is 0 Å². The molecule has 1 aliphatic carbocycles. The smallest absolute Gasteiger partial charge is 0.270 e. The minimum absolute atomic E-state index is 0.0680. The van der Waals surface area contributed by atoms with Crippen molar-refractivity contribution < 1.29 is 4.79 Å². The number of aromatic amines is 1. The molecule has 4 rings (SSSR count). The number of nitrogens with zero attached hydrogens (tertiary/aromatic N) is 4. The summed E-state index contributed by atoms with van der Waals surface area (Å²) in [7, 11) is 1.93. The van der Waals surface area contributed by atoms with E-state index in [1.54, 1.807) is 6.20 Å². The third kappa shape index (κ3) is 3.94. The number of amides is 1. The number of H-pyrrole nitrogens is 1. The van der Waals surface area contributed by atoms with E-state index in [9.17, 15) is 4.79 Å². The Morgan fingerprint density at radius 1 is 1.43 bits per heavy atom. The molecule has 3 aromatic heterocycles. The molecule has 1 fully saturated rings. The number of pyridine rings is 1. The summed E-state index contributed by atoms with van der Waals surface area (Å²) in [6.07, 6.45) is 10.0. The molecular weight excluding hydrogens is 352 g/mol. The van der Waals surface area contributed by atoms with Gasteiger partial charge in [-0.2, -0.15) is 5.10 Å². The number of nitrogens with one attached hydrogen (secondary N) is 2. The summed E-state index contributed by atoms with van der Waals surface area (Å²) in [6, 6.07) is 6.38. The molecule has 2 atom stereocenters. The SMILES string of the molecule is CCN(C(=O)c1cc2ncccc2[nH]1)[C@H]1CCC[C@@H](NCc2cnn(C)c2)C1. The van der Waals surface area contributed by atoms with Crippen LogP contribution in [0.3, 0.4) is 0 Å². The van der Waals surface area contributed by atoms with Crippen LogP contribution in [-0.4, -0.2) is 49.2 Å². The van der Waals surface area contributed by atoms with Crippen molar-refractivity contribution in [1.29, 1.82) is 0 Å². The second kappa shape index (κ2) is 8.14.